The van der Waals surface area contributed by atoms with E-state index in [4.69, 9.17) is 53.3 Å². The van der Waals surface area contributed by atoms with Crippen molar-refractivity contribution in [3.63, 3.8) is 0 Å². The fourth-order valence-corrected chi connectivity index (χ4v) is 4.19. The Balaban J connectivity index is 3.03. The minimum absolute atomic E-state index is 0.0371. The Hall–Kier alpha value is -1.02. The Kier molecular flexibility index (Phi) is 10.8. The highest BCUT2D eigenvalue weighted by Crippen LogP contribution is 2.53. The van der Waals surface area contributed by atoms with Crippen molar-refractivity contribution < 1.29 is 32.7 Å². The highest BCUT2D eigenvalue weighted by Gasteiger charge is 2.39. The number of alkyl halides is 3. The molecule has 0 spiro atoms. The summed E-state index contributed by atoms with van der Waals surface area (Å²) in [5.41, 5.74) is 0.326. The molecule has 1 aromatic carbocycles. The second-order valence-corrected chi connectivity index (χ2v) is 10.3. The van der Waals surface area contributed by atoms with Gasteiger partial charge in [0, 0.05) is 12.0 Å². The van der Waals surface area contributed by atoms with E-state index in [0.717, 1.165) is 0 Å². The molecular weight excluding hydrogens is 468 g/mol. The van der Waals surface area contributed by atoms with E-state index in [-0.39, 0.29) is 19.6 Å². The summed E-state index contributed by atoms with van der Waals surface area (Å²) in [5, 5.41) is 2.33. The van der Waals surface area contributed by atoms with Gasteiger partial charge >= 0.3 is 13.7 Å². The monoisotopic (exact) mass is 489 g/mol. The molecule has 29 heavy (non-hydrogen) atoms. The molecule has 0 aromatic heterocycles. The summed E-state index contributed by atoms with van der Waals surface area (Å²) >= 11 is 16.6. The van der Waals surface area contributed by atoms with E-state index in [9.17, 15) is 14.2 Å². The molecule has 0 aliphatic carbocycles. The van der Waals surface area contributed by atoms with Crippen LogP contribution in [0.25, 0.3) is 0 Å². The van der Waals surface area contributed by atoms with Crippen molar-refractivity contribution in [3.05, 3.63) is 29.8 Å². The SMILES string of the molecule is CCOP(=O)(OCC)C(CC(=O)c1ccc(OC)cc1)NC(=O)OCC(Cl)(Cl)Cl. The quantitative estimate of drug-likeness (QED) is 0.266. The van der Waals surface area contributed by atoms with Gasteiger partial charge in [0.25, 0.3) is 0 Å². The molecule has 1 N–H and O–H groups in total. The van der Waals surface area contributed by atoms with Crippen LogP contribution in [0, 0.1) is 0 Å². The van der Waals surface area contributed by atoms with Crippen molar-refractivity contribution in [2.24, 2.45) is 0 Å². The van der Waals surface area contributed by atoms with E-state index < -0.39 is 35.7 Å². The van der Waals surface area contributed by atoms with Gasteiger partial charge in [-0.3, -0.25) is 9.36 Å². The van der Waals surface area contributed by atoms with Crippen LogP contribution < -0.4 is 10.1 Å². The van der Waals surface area contributed by atoms with Gasteiger partial charge in [0.2, 0.25) is 3.79 Å². The molecule has 0 saturated carbocycles. The smallest absolute Gasteiger partial charge is 0.408 e. The highest BCUT2D eigenvalue weighted by atomic mass is 35.6. The first kappa shape index (κ1) is 26.0. The average molecular weight is 491 g/mol. The van der Waals surface area contributed by atoms with Gasteiger partial charge in [-0.25, -0.2) is 4.79 Å². The molecule has 1 amide bonds. The number of benzene rings is 1. The van der Waals surface area contributed by atoms with E-state index in [2.05, 4.69) is 5.32 Å². The van der Waals surface area contributed by atoms with Crippen LogP contribution in [0.3, 0.4) is 0 Å². The molecule has 0 aliphatic heterocycles. The molecule has 0 aliphatic rings. The number of methoxy groups -OCH3 is 1. The predicted octanol–water partition coefficient (Wildman–Crippen LogP) is 4.96. The molecule has 0 radical (unpaired) electrons. The number of halogens is 3. The molecule has 12 heteroatoms. The van der Waals surface area contributed by atoms with Crippen molar-refractivity contribution in [2.75, 3.05) is 26.9 Å². The minimum Gasteiger partial charge on any atom is -0.497 e. The van der Waals surface area contributed by atoms with Gasteiger partial charge in [0.1, 0.15) is 18.1 Å². The largest absolute Gasteiger partial charge is 0.497 e. The van der Waals surface area contributed by atoms with Crippen molar-refractivity contribution >= 4 is 54.3 Å². The van der Waals surface area contributed by atoms with Crippen LogP contribution in [0.2, 0.25) is 0 Å². The van der Waals surface area contributed by atoms with Gasteiger partial charge < -0.3 is 23.8 Å². The lowest BCUT2D eigenvalue weighted by atomic mass is 10.1. The number of alkyl carbamates (subject to hydrolysis) is 1. The number of Topliss-reactive ketones (excluding diaryl/α,β-unsaturated/α-hetero) is 1. The van der Waals surface area contributed by atoms with Gasteiger partial charge in [-0.15, -0.1) is 0 Å². The van der Waals surface area contributed by atoms with Gasteiger partial charge in [0.15, 0.2) is 5.78 Å². The number of carbonyl (C=O) groups is 2. The summed E-state index contributed by atoms with van der Waals surface area (Å²) in [7, 11) is -2.39. The topological polar surface area (TPSA) is 100 Å². The third-order valence-electron chi connectivity index (χ3n) is 3.44. The zero-order valence-corrected chi connectivity index (χ0v) is 19.3. The first-order valence-electron chi connectivity index (χ1n) is 8.60. The van der Waals surface area contributed by atoms with Crippen LogP contribution in [0.5, 0.6) is 5.75 Å². The van der Waals surface area contributed by atoms with E-state index in [1.165, 1.54) is 7.11 Å². The lowest BCUT2D eigenvalue weighted by Gasteiger charge is -2.26. The lowest BCUT2D eigenvalue weighted by Crippen LogP contribution is -2.39. The molecule has 0 heterocycles. The number of ketones is 1. The number of ether oxygens (including phenoxy) is 2. The van der Waals surface area contributed by atoms with Crippen molar-refractivity contribution in [2.45, 2.75) is 29.8 Å². The van der Waals surface area contributed by atoms with Crippen LogP contribution in [0.15, 0.2) is 24.3 Å². The van der Waals surface area contributed by atoms with Crippen LogP contribution in [0.4, 0.5) is 4.79 Å². The van der Waals surface area contributed by atoms with Crippen LogP contribution in [-0.2, 0) is 18.3 Å². The van der Waals surface area contributed by atoms with Gasteiger partial charge in [-0.2, -0.15) is 0 Å². The van der Waals surface area contributed by atoms with Crippen LogP contribution >= 0.6 is 42.4 Å². The third-order valence-corrected chi connectivity index (χ3v) is 6.08. The van der Waals surface area contributed by atoms with Crippen molar-refractivity contribution in [3.8, 4) is 5.75 Å². The summed E-state index contributed by atoms with van der Waals surface area (Å²) in [5.74, 6) is -1.14. The zero-order chi connectivity index (χ0) is 22.1. The molecule has 1 unspecified atom stereocenters. The third kappa shape index (κ3) is 9.11. The first-order chi connectivity index (χ1) is 13.5. The molecular formula is C17H23Cl3NO7P. The molecule has 1 rings (SSSR count). The maximum Gasteiger partial charge on any atom is 0.408 e. The van der Waals surface area contributed by atoms with E-state index >= 15 is 0 Å². The van der Waals surface area contributed by atoms with Crippen LogP contribution in [-0.4, -0.2) is 48.4 Å². The van der Waals surface area contributed by atoms with Gasteiger partial charge in [0.05, 0.1) is 20.3 Å². The first-order valence-corrected chi connectivity index (χ1v) is 11.3. The Labute approximate surface area is 184 Å². The molecule has 8 nitrogen and oxygen atoms in total. The number of carbonyl (C=O) groups excluding carboxylic acids is 2. The van der Waals surface area contributed by atoms with Gasteiger partial charge in [-0.05, 0) is 38.1 Å². The predicted molar refractivity (Wildman–Crippen MR) is 111 cm³/mol. The molecule has 0 saturated heterocycles. The standard InChI is InChI=1S/C17H23Cl3NO7P/c1-4-27-29(24,28-5-2)15(21-16(23)26-11-17(18,19)20)10-14(22)12-6-8-13(25-3)9-7-12/h6-9,15H,4-5,10-11H2,1-3H3,(H,21,23). The summed E-state index contributed by atoms with van der Waals surface area (Å²) in [6.07, 6.45) is -1.41. The molecule has 164 valence electrons. The number of rotatable bonds is 11. The summed E-state index contributed by atoms with van der Waals surface area (Å²) < 4.78 is 31.7. The normalized spacial score (nSPS) is 12.9. The van der Waals surface area contributed by atoms with E-state index in [1.807, 2.05) is 0 Å². The maximum atomic E-state index is 13.2. The zero-order valence-electron chi connectivity index (χ0n) is 16.2. The van der Waals surface area contributed by atoms with E-state index in [0.29, 0.717) is 11.3 Å². The minimum atomic E-state index is -3.89. The molecule has 1 atom stereocenters. The fourth-order valence-electron chi connectivity index (χ4n) is 2.21. The molecule has 0 bridgehead atoms. The number of amides is 1. The number of hydrogen-bond donors (Lipinski definition) is 1. The molecule has 0 fully saturated rings. The maximum absolute atomic E-state index is 13.2. The second kappa shape index (κ2) is 12.0. The summed E-state index contributed by atoms with van der Waals surface area (Å²) in [6.45, 7) is 2.74. The Bertz CT molecular complexity index is 715. The van der Waals surface area contributed by atoms with Crippen molar-refractivity contribution in [1.29, 1.82) is 0 Å². The van der Waals surface area contributed by atoms with E-state index in [1.54, 1.807) is 38.1 Å². The number of hydrogen-bond acceptors (Lipinski definition) is 7. The van der Waals surface area contributed by atoms with Gasteiger partial charge in [-0.1, -0.05) is 34.8 Å². The second-order valence-electron chi connectivity index (χ2n) is 5.58. The molecule has 1 aromatic rings. The number of nitrogens with one attached hydrogen (secondary N) is 1. The average Bonchev–Trinajstić information content (AvgIpc) is 2.65. The summed E-state index contributed by atoms with van der Waals surface area (Å²) in [4.78, 5) is 24.8. The van der Waals surface area contributed by atoms with Crippen molar-refractivity contribution in [1.82, 2.24) is 5.32 Å². The Morgan fingerprint density at radius 3 is 2.10 bits per heavy atom. The summed E-state index contributed by atoms with van der Waals surface area (Å²) in [6, 6.07) is 6.31. The highest BCUT2D eigenvalue weighted by molar-refractivity contribution is 7.54. The Morgan fingerprint density at radius 2 is 1.66 bits per heavy atom. The fraction of sp³-hybridized carbons (Fsp3) is 0.529. The Morgan fingerprint density at radius 1 is 1.10 bits per heavy atom. The van der Waals surface area contributed by atoms with Crippen LogP contribution in [0.1, 0.15) is 30.6 Å². The lowest BCUT2D eigenvalue weighted by molar-refractivity contribution is 0.0965.